The number of hydrogen-bond acceptors (Lipinski definition) is 4. The molecule has 0 fully saturated rings. The number of amides is 1. The molecule has 1 amide bonds. The summed E-state index contributed by atoms with van der Waals surface area (Å²) in [5.41, 5.74) is 2.01. The molecule has 0 radical (unpaired) electrons. The molecule has 6 heteroatoms. The molecule has 24 heavy (non-hydrogen) atoms. The molecule has 0 aliphatic heterocycles. The van der Waals surface area contributed by atoms with Crippen molar-refractivity contribution in [3.63, 3.8) is 0 Å². The fourth-order valence-electron chi connectivity index (χ4n) is 2.72. The van der Waals surface area contributed by atoms with Crippen molar-refractivity contribution in [1.29, 1.82) is 0 Å². The number of anilines is 1. The number of benzene rings is 1. The maximum atomic E-state index is 11.6. The van der Waals surface area contributed by atoms with Crippen LogP contribution >= 0.6 is 22.7 Å². The highest BCUT2D eigenvalue weighted by atomic mass is 32.1. The number of thiophene rings is 1. The molecule has 0 spiro atoms. The largest absolute Gasteiger partial charge is 0.317 e. The number of aromatic nitrogens is 2. The standard InChI is InChI=1S/C18H15N3OS2/c1-3-21-9-8-12-15(10-21)24-17(19-11(2)22)16(12)18-20-13-6-4-5-7-14(13)23-18/h4-10H,3H2,1-2H3/p+1. The first kappa shape index (κ1) is 15.2. The minimum absolute atomic E-state index is 0.0627. The second kappa shape index (κ2) is 5.96. The van der Waals surface area contributed by atoms with E-state index in [1.54, 1.807) is 29.6 Å². The summed E-state index contributed by atoms with van der Waals surface area (Å²) >= 11 is 3.26. The average molecular weight is 354 g/mol. The Morgan fingerprint density at radius 2 is 2.04 bits per heavy atom. The highest BCUT2D eigenvalue weighted by Gasteiger charge is 2.20. The third-order valence-electron chi connectivity index (χ3n) is 3.85. The van der Waals surface area contributed by atoms with Crippen molar-refractivity contribution in [3.8, 4) is 10.6 Å². The van der Waals surface area contributed by atoms with Crippen LogP contribution in [0.3, 0.4) is 0 Å². The molecule has 0 unspecified atom stereocenters. The molecule has 4 rings (SSSR count). The Hall–Kier alpha value is -2.31. The van der Waals surface area contributed by atoms with Crippen LogP contribution in [0.15, 0.2) is 42.7 Å². The maximum Gasteiger partial charge on any atom is 0.221 e. The lowest BCUT2D eigenvalue weighted by Crippen LogP contribution is -2.30. The van der Waals surface area contributed by atoms with Gasteiger partial charge in [-0.25, -0.2) is 9.55 Å². The van der Waals surface area contributed by atoms with E-state index in [0.717, 1.165) is 42.4 Å². The Balaban J connectivity index is 1.98. The Bertz CT molecular complexity index is 1030. The van der Waals surface area contributed by atoms with E-state index in [0.29, 0.717) is 0 Å². The number of nitrogens with zero attached hydrogens (tertiary/aromatic N) is 2. The van der Waals surface area contributed by atoms with E-state index in [2.05, 4.69) is 41.3 Å². The van der Waals surface area contributed by atoms with Crippen LogP contribution in [-0.4, -0.2) is 10.9 Å². The van der Waals surface area contributed by atoms with Gasteiger partial charge in [0.1, 0.15) is 21.3 Å². The number of hydrogen-bond donors (Lipinski definition) is 1. The van der Waals surface area contributed by atoms with Crippen molar-refractivity contribution in [3.05, 3.63) is 42.7 Å². The van der Waals surface area contributed by atoms with Crippen LogP contribution in [0.2, 0.25) is 0 Å². The van der Waals surface area contributed by atoms with E-state index < -0.39 is 0 Å². The van der Waals surface area contributed by atoms with E-state index in [-0.39, 0.29) is 5.91 Å². The molecule has 0 aliphatic rings. The molecule has 1 N–H and O–H groups in total. The van der Waals surface area contributed by atoms with Crippen LogP contribution in [0.5, 0.6) is 0 Å². The van der Waals surface area contributed by atoms with Gasteiger partial charge in [0, 0.05) is 18.4 Å². The molecular formula is C18H16N3OS2+. The van der Waals surface area contributed by atoms with Crippen molar-refractivity contribution in [2.45, 2.75) is 20.4 Å². The molecule has 0 atom stereocenters. The predicted molar refractivity (Wildman–Crippen MR) is 101 cm³/mol. The van der Waals surface area contributed by atoms with E-state index in [1.807, 2.05) is 18.2 Å². The second-order valence-corrected chi connectivity index (χ2v) is 7.61. The number of fused-ring (bicyclic) bond motifs is 2. The summed E-state index contributed by atoms with van der Waals surface area (Å²) in [6, 6.07) is 10.2. The maximum absolute atomic E-state index is 11.6. The lowest BCUT2D eigenvalue weighted by molar-refractivity contribution is -0.692. The number of carbonyl (C=O) groups is 1. The van der Waals surface area contributed by atoms with Crippen LogP contribution in [-0.2, 0) is 11.3 Å². The molecule has 4 aromatic rings. The number of thiazole rings is 1. The Labute approximate surface area is 147 Å². The molecular weight excluding hydrogens is 338 g/mol. The van der Waals surface area contributed by atoms with Crippen LogP contribution < -0.4 is 9.88 Å². The van der Waals surface area contributed by atoms with Crippen molar-refractivity contribution in [1.82, 2.24) is 4.98 Å². The first-order chi connectivity index (χ1) is 11.7. The number of aryl methyl sites for hydroxylation is 1. The summed E-state index contributed by atoms with van der Waals surface area (Å²) in [7, 11) is 0. The quantitative estimate of drug-likeness (QED) is 0.553. The molecule has 0 saturated carbocycles. The molecule has 3 heterocycles. The first-order valence-corrected chi connectivity index (χ1v) is 9.38. The third kappa shape index (κ3) is 2.57. The zero-order valence-corrected chi connectivity index (χ0v) is 15.0. The average Bonchev–Trinajstić information content (AvgIpc) is 3.13. The lowest BCUT2D eigenvalue weighted by Gasteiger charge is -2.01. The number of nitrogens with one attached hydrogen (secondary N) is 1. The SMILES string of the molecule is CC[n+]1ccc2c(-c3nc4ccccc4s3)c(NC(C)=O)sc2c1. The van der Waals surface area contributed by atoms with E-state index in [4.69, 9.17) is 4.98 Å². The summed E-state index contributed by atoms with van der Waals surface area (Å²) in [5, 5.41) is 5.92. The van der Waals surface area contributed by atoms with Gasteiger partial charge in [-0.15, -0.1) is 22.7 Å². The molecule has 3 aromatic heterocycles. The number of para-hydroxylation sites is 1. The molecule has 0 saturated heterocycles. The van der Waals surface area contributed by atoms with Gasteiger partial charge >= 0.3 is 0 Å². The van der Waals surface area contributed by atoms with Gasteiger partial charge in [-0.2, -0.15) is 0 Å². The van der Waals surface area contributed by atoms with E-state index >= 15 is 0 Å². The minimum atomic E-state index is -0.0627. The van der Waals surface area contributed by atoms with Gasteiger partial charge < -0.3 is 5.32 Å². The highest BCUT2D eigenvalue weighted by molar-refractivity contribution is 7.25. The zero-order chi connectivity index (χ0) is 16.7. The second-order valence-electron chi connectivity index (χ2n) is 5.53. The molecule has 0 aliphatic carbocycles. The van der Waals surface area contributed by atoms with Crippen LogP contribution in [0.25, 0.3) is 30.9 Å². The van der Waals surface area contributed by atoms with Gasteiger partial charge in [-0.1, -0.05) is 12.1 Å². The van der Waals surface area contributed by atoms with E-state index in [1.165, 1.54) is 0 Å². The summed E-state index contributed by atoms with van der Waals surface area (Å²) in [6.45, 7) is 4.57. The monoisotopic (exact) mass is 354 g/mol. The molecule has 120 valence electrons. The zero-order valence-electron chi connectivity index (χ0n) is 13.4. The van der Waals surface area contributed by atoms with Crippen molar-refractivity contribution >= 4 is 53.9 Å². The number of carbonyl (C=O) groups excluding carboxylic acids is 1. The van der Waals surface area contributed by atoms with Crippen molar-refractivity contribution < 1.29 is 9.36 Å². The topological polar surface area (TPSA) is 45.9 Å². The van der Waals surface area contributed by atoms with Crippen LogP contribution in [0, 0.1) is 0 Å². The minimum Gasteiger partial charge on any atom is -0.317 e. The van der Waals surface area contributed by atoms with Crippen molar-refractivity contribution in [2.24, 2.45) is 0 Å². The number of rotatable bonds is 3. The summed E-state index contributed by atoms with van der Waals surface area (Å²) in [5.74, 6) is -0.0627. The Morgan fingerprint density at radius 3 is 2.79 bits per heavy atom. The summed E-state index contributed by atoms with van der Waals surface area (Å²) in [4.78, 5) is 16.4. The van der Waals surface area contributed by atoms with Crippen molar-refractivity contribution in [2.75, 3.05) is 5.32 Å². The van der Waals surface area contributed by atoms with Gasteiger partial charge in [0.15, 0.2) is 12.4 Å². The molecule has 0 bridgehead atoms. The fourth-order valence-corrected chi connectivity index (χ4v) is 5.01. The normalized spacial score (nSPS) is 11.2. The number of pyridine rings is 1. The van der Waals surface area contributed by atoms with E-state index in [9.17, 15) is 4.79 Å². The molecule has 4 nitrogen and oxygen atoms in total. The smallest absolute Gasteiger partial charge is 0.221 e. The van der Waals surface area contributed by atoms with Crippen LogP contribution in [0.1, 0.15) is 13.8 Å². The summed E-state index contributed by atoms with van der Waals surface area (Å²) < 4.78 is 4.44. The van der Waals surface area contributed by atoms with Gasteiger partial charge in [-0.3, -0.25) is 4.79 Å². The first-order valence-electron chi connectivity index (χ1n) is 7.75. The third-order valence-corrected chi connectivity index (χ3v) is 5.96. The predicted octanol–water partition coefficient (Wildman–Crippen LogP) is 4.44. The van der Waals surface area contributed by atoms with Gasteiger partial charge in [0.05, 0.1) is 15.8 Å². The lowest BCUT2D eigenvalue weighted by atomic mass is 10.2. The highest BCUT2D eigenvalue weighted by Crippen LogP contribution is 2.44. The Kier molecular flexibility index (Phi) is 3.78. The van der Waals surface area contributed by atoms with Gasteiger partial charge in [0.25, 0.3) is 0 Å². The van der Waals surface area contributed by atoms with Gasteiger partial charge in [-0.05, 0) is 19.1 Å². The summed E-state index contributed by atoms with van der Waals surface area (Å²) in [6.07, 6.45) is 4.20. The molecule has 1 aromatic carbocycles. The van der Waals surface area contributed by atoms with Gasteiger partial charge in [0.2, 0.25) is 5.91 Å². The Morgan fingerprint density at radius 1 is 1.21 bits per heavy atom. The van der Waals surface area contributed by atoms with Crippen LogP contribution in [0.4, 0.5) is 5.00 Å². The fraction of sp³-hybridized carbons (Fsp3) is 0.167.